The molecule has 0 unspecified atom stereocenters. The summed E-state index contributed by atoms with van der Waals surface area (Å²) in [4.78, 5) is 7.58. The predicted molar refractivity (Wildman–Crippen MR) is 119 cm³/mol. The number of hydrogen-bond donors (Lipinski definition) is 2. The number of guanidine groups is 1. The fourth-order valence-electron chi connectivity index (χ4n) is 4.17. The van der Waals surface area contributed by atoms with Crippen LogP contribution in [-0.4, -0.2) is 5.96 Å². The molecule has 0 fully saturated rings. The number of aliphatic imine (C=N–C) groups is 1. The van der Waals surface area contributed by atoms with Gasteiger partial charge < -0.3 is 11.1 Å². The number of nitrogens with two attached hydrogens (primary N) is 1. The van der Waals surface area contributed by atoms with E-state index in [0.717, 1.165) is 35.0 Å². The van der Waals surface area contributed by atoms with Gasteiger partial charge in [-0.2, -0.15) is 0 Å². The highest BCUT2D eigenvalue weighted by atomic mass is 15.1. The molecule has 0 heterocycles. The summed E-state index contributed by atoms with van der Waals surface area (Å²) in [7, 11) is 0. The summed E-state index contributed by atoms with van der Waals surface area (Å²) in [6.07, 6.45) is 2.02. The Bertz CT molecular complexity index is 1350. The summed E-state index contributed by atoms with van der Waals surface area (Å²) in [5.74, 6) is 0.326. The molecule has 0 atom stereocenters. The molecular formula is C23H18N6. The average molecular weight is 378 g/mol. The molecule has 0 aromatic heterocycles. The van der Waals surface area contributed by atoms with Gasteiger partial charge in [0.05, 0.1) is 5.69 Å². The minimum atomic E-state index is 0.326. The third-order valence-corrected chi connectivity index (χ3v) is 5.42. The van der Waals surface area contributed by atoms with Crippen molar-refractivity contribution in [1.82, 2.24) is 0 Å². The summed E-state index contributed by atoms with van der Waals surface area (Å²) in [6.45, 7) is 0. The number of anilines is 1. The van der Waals surface area contributed by atoms with Crippen LogP contribution >= 0.6 is 0 Å². The number of aryl methyl sites for hydroxylation is 2. The molecular weight excluding hydrogens is 360 g/mol. The van der Waals surface area contributed by atoms with Crippen LogP contribution in [0, 0.1) is 0 Å². The monoisotopic (exact) mass is 378 g/mol. The maximum absolute atomic E-state index is 8.79. The van der Waals surface area contributed by atoms with E-state index < -0.39 is 0 Å². The molecule has 1 aliphatic rings. The van der Waals surface area contributed by atoms with Gasteiger partial charge in [-0.3, -0.25) is 0 Å². The van der Waals surface area contributed by atoms with Crippen molar-refractivity contribution in [2.24, 2.45) is 15.8 Å². The zero-order chi connectivity index (χ0) is 19.8. The van der Waals surface area contributed by atoms with Gasteiger partial charge in [-0.25, -0.2) is 4.99 Å². The Kier molecular flexibility index (Phi) is 4.04. The van der Waals surface area contributed by atoms with E-state index >= 15 is 0 Å². The Labute approximate surface area is 167 Å². The Morgan fingerprint density at radius 1 is 0.897 bits per heavy atom. The van der Waals surface area contributed by atoms with E-state index in [2.05, 4.69) is 44.6 Å². The van der Waals surface area contributed by atoms with E-state index in [1.54, 1.807) is 6.07 Å². The van der Waals surface area contributed by atoms with Gasteiger partial charge in [-0.1, -0.05) is 53.6 Å². The second-order valence-corrected chi connectivity index (χ2v) is 7.07. The van der Waals surface area contributed by atoms with Crippen LogP contribution in [-0.2, 0) is 12.8 Å². The fourth-order valence-corrected chi connectivity index (χ4v) is 4.17. The summed E-state index contributed by atoms with van der Waals surface area (Å²) in [6, 6.07) is 21.9. The third-order valence-electron chi connectivity index (χ3n) is 5.42. The topological polar surface area (TPSA) is 99.2 Å². The van der Waals surface area contributed by atoms with Gasteiger partial charge in [0.2, 0.25) is 0 Å². The summed E-state index contributed by atoms with van der Waals surface area (Å²) < 4.78 is 0. The maximum Gasteiger partial charge on any atom is 0.198 e. The van der Waals surface area contributed by atoms with E-state index in [1.807, 2.05) is 36.4 Å². The molecule has 0 aliphatic heterocycles. The first kappa shape index (κ1) is 17.1. The summed E-state index contributed by atoms with van der Waals surface area (Å²) >= 11 is 0. The highest BCUT2D eigenvalue weighted by Crippen LogP contribution is 2.37. The molecule has 6 nitrogen and oxygen atoms in total. The normalized spacial score (nSPS) is 12.9. The van der Waals surface area contributed by atoms with Crippen LogP contribution in [0.3, 0.4) is 0 Å². The molecule has 6 heteroatoms. The van der Waals surface area contributed by atoms with E-state index in [-0.39, 0.29) is 0 Å². The van der Waals surface area contributed by atoms with Crippen molar-refractivity contribution in [2.75, 3.05) is 5.32 Å². The lowest BCUT2D eigenvalue weighted by Gasteiger charge is -2.12. The highest BCUT2D eigenvalue weighted by molar-refractivity contribution is 6.07. The van der Waals surface area contributed by atoms with Crippen molar-refractivity contribution in [3.05, 3.63) is 88.3 Å². The molecule has 0 radical (unpaired) electrons. The van der Waals surface area contributed by atoms with Crippen LogP contribution in [0.1, 0.15) is 11.1 Å². The van der Waals surface area contributed by atoms with Crippen molar-refractivity contribution in [2.45, 2.75) is 12.8 Å². The zero-order valence-electron chi connectivity index (χ0n) is 15.6. The second kappa shape index (κ2) is 6.86. The molecule has 4 aromatic rings. The first-order valence-electron chi connectivity index (χ1n) is 9.46. The number of nitrogens with one attached hydrogen (secondary N) is 1. The Morgan fingerprint density at radius 3 is 2.59 bits per heavy atom. The Balaban J connectivity index is 1.55. The second-order valence-electron chi connectivity index (χ2n) is 7.07. The number of fused-ring (bicyclic) bond motifs is 1. The number of benzene rings is 4. The van der Waals surface area contributed by atoms with E-state index in [1.165, 1.54) is 21.9 Å². The van der Waals surface area contributed by atoms with E-state index in [9.17, 15) is 0 Å². The smallest absolute Gasteiger partial charge is 0.198 e. The lowest BCUT2D eigenvalue weighted by atomic mass is 10.0. The minimum absolute atomic E-state index is 0.326. The van der Waals surface area contributed by atoms with Crippen LogP contribution in [0.5, 0.6) is 0 Å². The number of nitrogens with zero attached hydrogens (tertiary/aromatic N) is 4. The van der Waals surface area contributed by atoms with Crippen molar-refractivity contribution in [1.29, 1.82) is 0 Å². The standard InChI is InChI=1S/C23H18N6/c24-23(26-19-12-13-21(28-29-25)17-7-2-1-6-16(17)19)27-20-11-9-15-5-3-4-14-8-10-18(20)22(14)15/h1-7,9,11-13H,8,10H2,(H3,24,26,27). The highest BCUT2D eigenvalue weighted by Gasteiger charge is 2.17. The van der Waals surface area contributed by atoms with Crippen molar-refractivity contribution in [3.8, 4) is 0 Å². The molecule has 4 aromatic carbocycles. The van der Waals surface area contributed by atoms with Crippen LogP contribution in [0.25, 0.3) is 32.0 Å². The van der Waals surface area contributed by atoms with Crippen LogP contribution < -0.4 is 11.1 Å². The molecule has 140 valence electrons. The zero-order valence-corrected chi connectivity index (χ0v) is 15.6. The van der Waals surface area contributed by atoms with Gasteiger partial charge in [-0.05, 0) is 63.9 Å². The van der Waals surface area contributed by atoms with E-state index in [0.29, 0.717) is 11.6 Å². The largest absolute Gasteiger partial charge is 0.369 e. The molecule has 0 saturated heterocycles. The maximum atomic E-state index is 8.79. The molecule has 0 saturated carbocycles. The predicted octanol–water partition coefficient (Wildman–Crippen LogP) is 6.09. The molecule has 3 N–H and O–H groups in total. The van der Waals surface area contributed by atoms with Crippen molar-refractivity contribution in [3.63, 3.8) is 0 Å². The molecule has 0 spiro atoms. The van der Waals surface area contributed by atoms with Gasteiger partial charge in [0.1, 0.15) is 0 Å². The molecule has 5 rings (SSSR count). The van der Waals surface area contributed by atoms with E-state index in [4.69, 9.17) is 11.3 Å². The van der Waals surface area contributed by atoms with Crippen LogP contribution in [0.15, 0.2) is 76.8 Å². The summed E-state index contributed by atoms with van der Waals surface area (Å²) in [5.41, 5.74) is 20.0. The molecule has 0 bridgehead atoms. The SMILES string of the molecule is [N-]=[N+]=Nc1ccc(NC(N)=Nc2ccc3cccc4c3c2CC4)c2ccccc12. The Hall–Kier alpha value is -4.02. The van der Waals surface area contributed by atoms with Gasteiger partial charge in [0.15, 0.2) is 5.96 Å². The van der Waals surface area contributed by atoms with Gasteiger partial charge in [0.25, 0.3) is 0 Å². The first-order valence-corrected chi connectivity index (χ1v) is 9.46. The Morgan fingerprint density at radius 2 is 1.72 bits per heavy atom. The quantitative estimate of drug-likeness (QED) is 0.148. The number of rotatable bonds is 3. The lowest BCUT2D eigenvalue weighted by molar-refractivity contribution is 1.02. The molecule has 29 heavy (non-hydrogen) atoms. The lowest BCUT2D eigenvalue weighted by Crippen LogP contribution is -2.22. The van der Waals surface area contributed by atoms with Crippen LogP contribution in [0.2, 0.25) is 0 Å². The van der Waals surface area contributed by atoms with Gasteiger partial charge in [0, 0.05) is 21.7 Å². The molecule has 1 aliphatic carbocycles. The van der Waals surface area contributed by atoms with Crippen molar-refractivity contribution < 1.29 is 0 Å². The number of azide groups is 1. The number of hydrogen-bond acceptors (Lipinski definition) is 2. The average Bonchev–Trinajstić information content (AvgIpc) is 3.18. The minimum Gasteiger partial charge on any atom is -0.369 e. The van der Waals surface area contributed by atoms with Crippen LogP contribution in [0.4, 0.5) is 17.1 Å². The summed E-state index contributed by atoms with van der Waals surface area (Å²) in [5, 5.41) is 11.3. The first-order chi connectivity index (χ1) is 14.2. The van der Waals surface area contributed by atoms with Gasteiger partial charge in [-0.15, -0.1) is 0 Å². The fraction of sp³-hybridized carbons (Fsp3) is 0.0870. The third kappa shape index (κ3) is 2.92. The van der Waals surface area contributed by atoms with Crippen molar-refractivity contribution >= 4 is 44.6 Å². The molecule has 0 amide bonds. The van der Waals surface area contributed by atoms with Gasteiger partial charge >= 0.3 is 0 Å².